The third-order valence-corrected chi connectivity index (χ3v) is 1.92. The van der Waals surface area contributed by atoms with E-state index in [-0.39, 0.29) is 16.3 Å². The quantitative estimate of drug-likeness (QED) is 0.621. The lowest BCUT2D eigenvalue weighted by Gasteiger charge is -2.01. The average molecular weight is 215 g/mol. The highest BCUT2D eigenvalue weighted by atomic mass is 35.5. The van der Waals surface area contributed by atoms with Crippen LogP contribution >= 0.6 is 11.6 Å². The Morgan fingerprint density at radius 2 is 2.29 bits per heavy atom. The molecule has 0 heterocycles. The van der Waals surface area contributed by atoms with E-state index in [1.165, 1.54) is 12.1 Å². The predicted octanol–water partition coefficient (Wildman–Crippen LogP) is 2.75. The number of alkyl halides is 1. The van der Waals surface area contributed by atoms with Crippen LogP contribution in [0, 0.1) is 0 Å². The number of halogens is 2. The zero-order valence-electron chi connectivity index (χ0n) is 7.21. The first-order chi connectivity index (χ1) is 6.66. The maximum absolute atomic E-state index is 11.7. The van der Waals surface area contributed by atoms with Crippen molar-refractivity contribution in [2.75, 3.05) is 6.67 Å². The van der Waals surface area contributed by atoms with Crippen LogP contribution in [0.1, 0.15) is 10.4 Å². The van der Waals surface area contributed by atoms with Crippen molar-refractivity contribution >= 4 is 17.4 Å². The van der Waals surface area contributed by atoms with Crippen LogP contribution in [0.4, 0.5) is 4.39 Å². The van der Waals surface area contributed by atoms with E-state index in [9.17, 15) is 14.3 Å². The molecule has 1 N–H and O–H groups in total. The molecule has 0 unspecified atom stereocenters. The molecule has 1 aromatic carbocycles. The molecule has 0 radical (unpaired) electrons. The van der Waals surface area contributed by atoms with Crippen LogP contribution in [0.2, 0.25) is 5.02 Å². The number of phenols is 1. The third kappa shape index (κ3) is 2.33. The standard InChI is InChI=1S/C10H8ClFO2/c11-8-4-1-3-7(10(8)14)9(13)5-2-6-12/h1-5,14H,6H2/b5-2+. The van der Waals surface area contributed by atoms with E-state index in [4.69, 9.17) is 11.6 Å². The first-order valence-corrected chi connectivity index (χ1v) is 4.29. The summed E-state index contributed by atoms with van der Waals surface area (Å²) >= 11 is 5.59. The summed E-state index contributed by atoms with van der Waals surface area (Å²) in [6.45, 7) is -0.715. The lowest BCUT2D eigenvalue weighted by molar-refractivity contribution is 0.104. The first kappa shape index (κ1) is 10.7. The zero-order chi connectivity index (χ0) is 10.6. The maximum Gasteiger partial charge on any atom is 0.189 e. The Hall–Kier alpha value is -1.35. The summed E-state index contributed by atoms with van der Waals surface area (Å²) in [5, 5.41) is 9.49. The van der Waals surface area contributed by atoms with Gasteiger partial charge in [-0.05, 0) is 24.3 Å². The molecule has 0 saturated heterocycles. The highest BCUT2D eigenvalue weighted by Gasteiger charge is 2.10. The molecule has 1 aromatic rings. The molecular weight excluding hydrogens is 207 g/mol. The Morgan fingerprint density at radius 1 is 1.57 bits per heavy atom. The molecule has 74 valence electrons. The van der Waals surface area contributed by atoms with Crippen molar-refractivity contribution in [3.05, 3.63) is 40.9 Å². The normalized spacial score (nSPS) is 10.7. The summed E-state index contributed by atoms with van der Waals surface area (Å²) < 4.78 is 11.7. The number of para-hydroxylation sites is 1. The van der Waals surface area contributed by atoms with Crippen LogP contribution in [0.3, 0.4) is 0 Å². The topological polar surface area (TPSA) is 37.3 Å². The van der Waals surface area contributed by atoms with Gasteiger partial charge < -0.3 is 5.11 Å². The molecule has 0 aliphatic heterocycles. The van der Waals surface area contributed by atoms with Gasteiger partial charge >= 0.3 is 0 Å². The minimum atomic E-state index is -0.715. The molecule has 0 amide bonds. The zero-order valence-corrected chi connectivity index (χ0v) is 7.96. The Balaban J connectivity index is 3.01. The molecule has 0 fully saturated rings. The van der Waals surface area contributed by atoms with Crippen molar-refractivity contribution in [2.24, 2.45) is 0 Å². The second-order valence-electron chi connectivity index (χ2n) is 2.56. The molecule has 1 rings (SSSR count). The van der Waals surface area contributed by atoms with Crippen LogP contribution in [0.25, 0.3) is 0 Å². The fourth-order valence-corrected chi connectivity index (χ4v) is 1.13. The van der Waals surface area contributed by atoms with E-state index in [0.29, 0.717) is 0 Å². The molecular formula is C10H8ClFO2. The fourth-order valence-electron chi connectivity index (χ4n) is 0.956. The van der Waals surface area contributed by atoms with Gasteiger partial charge in [0.1, 0.15) is 12.4 Å². The van der Waals surface area contributed by atoms with Crippen molar-refractivity contribution in [3.63, 3.8) is 0 Å². The molecule has 4 heteroatoms. The molecule has 0 atom stereocenters. The summed E-state index contributed by atoms with van der Waals surface area (Å²) in [5.41, 5.74) is 0.0715. The van der Waals surface area contributed by atoms with Gasteiger partial charge in [-0.2, -0.15) is 0 Å². The molecule has 14 heavy (non-hydrogen) atoms. The monoisotopic (exact) mass is 214 g/mol. The molecule has 0 saturated carbocycles. The Labute approximate surface area is 85.6 Å². The summed E-state index contributed by atoms with van der Waals surface area (Å²) in [4.78, 5) is 11.3. The van der Waals surface area contributed by atoms with Gasteiger partial charge in [0.05, 0.1) is 10.6 Å². The van der Waals surface area contributed by atoms with Gasteiger partial charge in [-0.1, -0.05) is 17.7 Å². The minimum absolute atomic E-state index is 0.0715. The molecule has 0 spiro atoms. The number of carbonyl (C=O) groups is 1. The number of phenolic OH excluding ortho intramolecular Hbond substituents is 1. The van der Waals surface area contributed by atoms with Crippen molar-refractivity contribution in [2.45, 2.75) is 0 Å². The fraction of sp³-hybridized carbons (Fsp3) is 0.100. The Kier molecular flexibility index (Phi) is 3.65. The van der Waals surface area contributed by atoms with E-state index in [1.807, 2.05) is 0 Å². The third-order valence-electron chi connectivity index (χ3n) is 1.61. The lowest BCUT2D eigenvalue weighted by Crippen LogP contribution is -1.95. The summed E-state index contributed by atoms with van der Waals surface area (Å²) in [7, 11) is 0. The summed E-state index contributed by atoms with van der Waals surface area (Å²) in [6, 6.07) is 4.43. The molecule has 0 aliphatic rings. The average Bonchev–Trinajstić information content (AvgIpc) is 2.18. The van der Waals surface area contributed by atoms with E-state index >= 15 is 0 Å². The predicted molar refractivity (Wildman–Crippen MR) is 52.6 cm³/mol. The van der Waals surface area contributed by atoms with Crippen LogP contribution in [-0.4, -0.2) is 17.6 Å². The van der Waals surface area contributed by atoms with Crippen molar-refractivity contribution < 1.29 is 14.3 Å². The minimum Gasteiger partial charge on any atom is -0.506 e. The molecule has 2 nitrogen and oxygen atoms in total. The summed E-state index contributed by atoms with van der Waals surface area (Å²) in [5.74, 6) is -0.745. The number of rotatable bonds is 3. The van der Waals surface area contributed by atoms with Gasteiger partial charge in [0.25, 0.3) is 0 Å². The molecule has 0 aromatic heterocycles. The Morgan fingerprint density at radius 3 is 2.93 bits per heavy atom. The number of benzene rings is 1. The number of aromatic hydroxyl groups is 1. The highest BCUT2D eigenvalue weighted by Crippen LogP contribution is 2.27. The van der Waals surface area contributed by atoms with Crippen LogP contribution in [0.5, 0.6) is 5.75 Å². The van der Waals surface area contributed by atoms with Crippen LogP contribution < -0.4 is 0 Å². The van der Waals surface area contributed by atoms with Gasteiger partial charge in [-0.3, -0.25) is 4.79 Å². The SMILES string of the molecule is O=C(/C=C/CF)c1cccc(Cl)c1O. The maximum atomic E-state index is 11.7. The van der Waals surface area contributed by atoms with Crippen molar-refractivity contribution in [3.8, 4) is 5.75 Å². The van der Waals surface area contributed by atoms with E-state index < -0.39 is 12.5 Å². The number of allylic oxidation sites excluding steroid dienone is 2. The van der Waals surface area contributed by atoms with Crippen molar-refractivity contribution in [1.29, 1.82) is 0 Å². The number of carbonyl (C=O) groups excluding carboxylic acids is 1. The summed E-state index contributed by atoms with van der Waals surface area (Å²) in [6.07, 6.45) is 2.13. The van der Waals surface area contributed by atoms with Gasteiger partial charge in [0, 0.05) is 0 Å². The molecule has 0 bridgehead atoms. The van der Waals surface area contributed by atoms with Crippen LogP contribution in [0.15, 0.2) is 30.4 Å². The number of hydrogen-bond acceptors (Lipinski definition) is 2. The largest absolute Gasteiger partial charge is 0.506 e. The number of hydrogen-bond donors (Lipinski definition) is 1. The lowest BCUT2D eigenvalue weighted by atomic mass is 10.1. The van der Waals surface area contributed by atoms with E-state index in [0.717, 1.165) is 12.2 Å². The second kappa shape index (κ2) is 4.77. The van der Waals surface area contributed by atoms with E-state index in [1.54, 1.807) is 6.07 Å². The number of ketones is 1. The van der Waals surface area contributed by atoms with E-state index in [2.05, 4.69) is 0 Å². The first-order valence-electron chi connectivity index (χ1n) is 3.91. The van der Waals surface area contributed by atoms with Gasteiger partial charge in [0.15, 0.2) is 5.78 Å². The van der Waals surface area contributed by atoms with Gasteiger partial charge in [-0.25, -0.2) is 4.39 Å². The highest BCUT2D eigenvalue weighted by molar-refractivity contribution is 6.32. The van der Waals surface area contributed by atoms with Gasteiger partial charge in [-0.15, -0.1) is 0 Å². The Bertz CT molecular complexity index is 374. The van der Waals surface area contributed by atoms with Gasteiger partial charge in [0.2, 0.25) is 0 Å². The molecule has 0 aliphatic carbocycles. The van der Waals surface area contributed by atoms with Crippen molar-refractivity contribution in [1.82, 2.24) is 0 Å². The van der Waals surface area contributed by atoms with Crippen LogP contribution in [-0.2, 0) is 0 Å². The second-order valence-corrected chi connectivity index (χ2v) is 2.96. The smallest absolute Gasteiger partial charge is 0.189 e.